The van der Waals surface area contributed by atoms with Crippen LogP contribution in [0.15, 0.2) is 59.5 Å². The molecule has 4 nitrogen and oxygen atoms in total. The molecule has 0 atom stereocenters. The number of hydrogen-bond donors (Lipinski definition) is 0. The molecule has 0 aliphatic heterocycles. The molecular weight excluding hydrogens is 334 g/mol. The standard InChI is InChI=1S/C20H25NO3S/c1-4-5-9-17-12-14-18(15-13-17)21(20(22)16(2)3)25(23,24)19-10-7-6-8-11-19/h6-8,10-16H,4-5,9H2,1-3H3. The third-order valence-electron chi connectivity index (χ3n) is 3.97. The van der Waals surface area contributed by atoms with Crippen LogP contribution in [0.1, 0.15) is 39.2 Å². The molecule has 5 heteroatoms. The van der Waals surface area contributed by atoms with Gasteiger partial charge in [-0.05, 0) is 42.7 Å². The molecule has 134 valence electrons. The number of unbranched alkanes of at least 4 members (excludes halogenated alkanes) is 1. The van der Waals surface area contributed by atoms with Crippen molar-refractivity contribution < 1.29 is 13.2 Å². The minimum Gasteiger partial charge on any atom is -0.273 e. The smallest absolute Gasteiger partial charge is 0.270 e. The van der Waals surface area contributed by atoms with Crippen LogP contribution in [0.3, 0.4) is 0 Å². The topological polar surface area (TPSA) is 54.5 Å². The van der Waals surface area contributed by atoms with Crippen molar-refractivity contribution in [3.05, 3.63) is 60.2 Å². The molecule has 0 bridgehead atoms. The molecule has 0 aliphatic rings. The highest BCUT2D eigenvalue weighted by molar-refractivity contribution is 7.93. The van der Waals surface area contributed by atoms with Gasteiger partial charge in [-0.25, -0.2) is 12.7 Å². The number of hydrogen-bond acceptors (Lipinski definition) is 3. The number of benzene rings is 2. The van der Waals surface area contributed by atoms with E-state index in [0.717, 1.165) is 29.1 Å². The Morgan fingerprint density at radius 3 is 2.12 bits per heavy atom. The first-order chi connectivity index (χ1) is 11.9. The molecule has 0 unspecified atom stereocenters. The second-order valence-corrected chi connectivity index (χ2v) is 8.13. The van der Waals surface area contributed by atoms with Crippen LogP contribution in [0.4, 0.5) is 5.69 Å². The minimum absolute atomic E-state index is 0.110. The summed E-state index contributed by atoms with van der Waals surface area (Å²) in [5, 5.41) is 0. The number of nitrogens with zero attached hydrogens (tertiary/aromatic N) is 1. The third-order valence-corrected chi connectivity index (χ3v) is 5.70. The molecule has 2 rings (SSSR count). The fourth-order valence-corrected chi connectivity index (χ4v) is 4.05. The zero-order valence-corrected chi connectivity index (χ0v) is 15.8. The van der Waals surface area contributed by atoms with Crippen LogP contribution in [0, 0.1) is 5.92 Å². The monoisotopic (exact) mass is 359 g/mol. The summed E-state index contributed by atoms with van der Waals surface area (Å²) in [6, 6.07) is 15.3. The Morgan fingerprint density at radius 1 is 1.00 bits per heavy atom. The normalized spacial score (nSPS) is 11.5. The molecule has 0 heterocycles. The van der Waals surface area contributed by atoms with Crippen molar-refractivity contribution in [2.45, 2.75) is 44.9 Å². The van der Waals surface area contributed by atoms with Gasteiger partial charge in [0, 0.05) is 5.92 Å². The van der Waals surface area contributed by atoms with E-state index >= 15 is 0 Å². The van der Waals surface area contributed by atoms with Crippen LogP contribution in [-0.4, -0.2) is 14.3 Å². The Labute approximate surface area is 150 Å². The molecule has 0 saturated carbocycles. The molecule has 25 heavy (non-hydrogen) atoms. The summed E-state index contributed by atoms with van der Waals surface area (Å²) in [6.45, 7) is 5.53. The summed E-state index contributed by atoms with van der Waals surface area (Å²) >= 11 is 0. The van der Waals surface area contributed by atoms with E-state index < -0.39 is 21.8 Å². The molecule has 0 saturated heterocycles. The largest absolute Gasteiger partial charge is 0.273 e. The van der Waals surface area contributed by atoms with Gasteiger partial charge in [0.15, 0.2) is 0 Å². The predicted octanol–water partition coefficient (Wildman–Crippen LogP) is 4.41. The van der Waals surface area contributed by atoms with E-state index in [-0.39, 0.29) is 4.90 Å². The maximum absolute atomic E-state index is 13.0. The van der Waals surface area contributed by atoms with Crippen LogP contribution < -0.4 is 4.31 Å². The molecule has 0 N–H and O–H groups in total. The van der Waals surface area contributed by atoms with Gasteiger partial charge in [0.1, 0.15) is 0 Å². The van der Waals surface area contributed by atoms with Gasteiger partial charge in [-0.1, -0.05) is 57.5 Å². The van der Waals surface area contributed by atoms with Crippen LogP contribution in [0.2, 0.25) is 0 Å². The lowest BCUT2D eigenvalue weighted by Gasteiger charge is -2.24. The van der Waals surface area contributed by atoms with E-state index in [1.165, 1.54) is 12.1 Å². The third kappa shape index (κ3) is 4.48. The second kappa shape index (κ2) is 8.30. The maximum Gasteiger partial charge on any atom is 0.270 e. The van der Waals surface area contributed by atoms with Crippen molar-refractivity contribution in [1.82, 2.24) is 0 Å². The van der Waals surface area contributed by atoms with Gasteiger partial charge >= 0.3 is 0 Å². The Balaban J connectivity index is 2.45. The summed E-state index contributed by atoms with van der Waals surface area (Å²) in [5.74, 6) is -0.872. The van der Waals surface area contributed by atoms with E-state index in [1.54, 1.807) is 44.2 Å². The van der Waals surface area contributed by atoms with Crippen LogP contribution in [0.25, 0.3) is 0 Å². The number of carbonyl (C=O) groups is 1. The van der Waals surface area contributed by atoms with Gasteiger partial charge in [-0.15, -0.1) is 0 Å². The van der Waals surface area contributed by atoms with Crippen molar-refractivity contribution in [3.63, 3.8) is 0 Å². The molecule has 2 aromatic carbocycles. The molecule has 1 amide bonds. The van der Waals surface area contributed by atoms with Crippen molar-refractivity contribution in [2.24, 2.45) is 5.92 Å². The van der Waals surface area contributed by atoms with Crippen molar-refractivity contribution >= 4 is 21.6 Å². The molecule has 0 radical (unpaired) electrons. The van der Waals surface area contributed by atoms with Crippen LogP contribution in [-0.2, 0) is 21.2 Å². The fourth-order valence-electron chi connectivity index (χ4n) is 2.50. The highest BCUT2D eigenvalue weighted by Gasteiger charge is 2.32. The molecule has 0 spiro atoms. The van der Waals surface area contributed by atoms with Gasteiger partial charge in [0.25, 0.3) is 10.0 Å². The minimum atomic E-state index is -3.94. The number of rotatable bonds is 7. The van der Waals surface area contributed by atoms with E-state index in [1.807, 2.05) is 12.1 Å². The van der Waals surface area contributed by atoms with Crippen LogP contribution in [0.5, 0.6) is 0 Å². The summed E-state index contributed by atoms with van der Waals surface area (Å²) in [6.07, 6.45) is 3.12. The molecule has 0 aliphatic carbocycles. The Morgan fingerprint density at radius 2 is 1.60 bits per heavy atom. The van der Waals surface area contributed by atoms with E-state index in [9.17, 15) is 13.2 Å². The summed E-state index contributed by atoms with van der Waals surface area (Å²) in [5.41, 5.74) is 1.52. The lowest BCUT2D eigenvalue weighted by molar-refractivity contribution is -0.120. The second-order valence-electron chi connectivity index (χ2n) is 6.35. The van der Waals surface area contributed by atoms with Gasteiger partial charge in [0.2, 0.25) is 5.91 Å². The summed E-state index contributed by atoms with van der Waals surface area (Å²) < 4.78 is 27.0. The molecule has 0 aromatic heterocycles. The van der Waals surface area contributed by atoms with Gasteiger partial charge in [0.05, 0.1) is 10.6 Å². The number of amides is 1. The maximum atomic E-state index is 13.0. The quantitative estimate of drug-likeness (QED) is 0.736. The average molecular weight is 359 g/mol. The zero-order chi connectivity index (χ0) is 18.4. The van der Waals surface area contributed by atoms with E-state index in [4.69, 9.17) is 0 Å². The Bertz CT molecular complexity index is 797. The highest BCUT2D eigenvalue weighted by atomic mass is 32.2. The van der Waals surface area contributed by atoms with Crippen molar-refractivity contribution in [3.8, 4) is 0 Å². The number of carbonyl (C=O) groups excluding carboxylic acids is 1. The number of aryl methyl sites for hydroxylation is 1. The highest BCUT2D eigenvalue weighted by Crippen LogP contribution is 2.26. The van der Waals surface area contributed by atoms with Crippen LogP contribution >= 0.6 is 0 Å². The van der Waals surface area contributed by atoms with Crippen molar-refractivity contribution in [2.75, 3.05) is 4.31 Å². The lowest BCUT2D eigenvalue weighted by atomic mass is 10.1. The first-order valence-electron chi connectivity index (χ1n) is 8.61. The molecular formula is C20H25NO3S. The molecule has 2 aromatic rings. The Kier molecular flexibility index (Phi) is 6.37. The van der Waals surface area contributed by atoms with Gasteiger partial charge in [-0.3, -0.25) is 4.79 Å². The first kappa shape index (κ1) is 19.2. The van der Waals surface area contributed by atoms with E-state index in [0.29, 0.717) is 5.69 Å². The van der Waals surface area contributed by atoms with Crippen molar-refractivity contribution in [1.29, 1.82) is 0 Å². The number of anilines is 1. The lowest BCUT2D eigenvalue weighted by Crippen LogP contribution is -2.39. The fraction of sp³-hybridized carbons (Fsp3) is 0.350. The first-order valence-corrected chi connectivity index (χ1v) is 10.0. The summed E-state index contributed by atoms with van der Waals surface area (Å²) in [7, 11) is -3.94. The summed E-state index contributed by atoms with van der Waals surface area (Å²) in [4.78, 5) is 12.8. The zero-order valence-electron chi connectivity index (χ0n) is 15.0. The Hall–Kier alpha value is -2.14. The SMILES string of the molecule is CCCCc1ccc(N(C(=O)C(C)C)S(=O)(=O)c2ccccc2)cc1. The average Bonchev–Trinajstić information content (AvgIpc) is 2.61. The van der Waals surface area contributed by atoms with Gasteiger partial charge in [-0.2, -0.15) is 0 Å². The van der Waals surface area contributed by atoms with Gasteiger partial charge < -0.3 is 0 Å². The predicted molar refractivity (Wildman–Crippen MR) is 101 cm³/mol. The van der Waals surface area contributed by atoms with E-state index in [2.05, 4.69) is 6.92 Å². The number of sulfonamides is 1. The molecule has 0 fully saturated rings.